The number of rotatable bonds is 5. The van der Waals surface area contributed by atoms with Crippen LogP contribution in [0, 0.1) is 6.92 Å². The van der Waals surface area contributed by atoms with Gasteiger partial charge < -0.3 is 14.5 Å². The lowest BCUT2D eigenvalue weighted by atomic mass is 10.1. The van der Waals surface area contributed by atoms with Crippen LogP contribution in [-0.2, 0) is 11.2 Å². The summed E-state index contributed by atoms with van der Waals surface area (Å²) < 4.78 is 10.9. The van der Waals surface area contributed by atoms with Gasteiger partial charge in [-0.05, 0) is 42.7 Å². The minimum Gasteiger partial charge on any atom is -0.483 e. The quantitative estimate of drug-likeness (QED) is 0.607. The van der Waals surface area contributed by atoms with Crippen molar-refractivity contribution in [3.8, 4) is 5.75 Å². The van der Waals surface area contributed by atoms with E-state index in [9.17, 15) is 9.59 Å². The minimum absolute atomic E-state index is 0.240. The minimum atomic E-state index is -0.429. The van der Waals surface area contributed by atoms with E-state index in [2.05, 4.69) is 5.32 Å². The van der Waals surface area contributed by atoms with Crippen molar-refractivity contribution in [3.63, 3.8) is 0 Å². The predicted octanol–water partition coefficient (Wildman–Crippen LogP) is 4.99. The third-order valence-corrected chi connectivity index (χ3v) is 4.73. The molecule has 0 unspecified atom stereocenters. The number of ether oxygens (including phenoxy) is 1. The summed E-state index contributed by atoms with van der Waals surface area (Å²) in [4.78, 5) is 23.8. The van der Waals surface area contributed by atoms with Crippen molar-refractivity contribution in [1.29, 1.82) is 0 Å². The molecule has 0 aliphatic heterocycles. The van der Waals surface area contributed by atoms with Gasteiger partial charge in [0.25, 0.3) is 5.91 Å². The van der Waals surface area contributed by atoms with E-state index in [0.29, 0.717) is 33.5 Å². The molecule has 27 heavy (non-hydrogen) atoms. The van der Waals surface area contributed by atoms with Crippen molar-refractivity contribution in [3.05, 3.63) is 68.0 Å². The molecule has 0 radical (unpaired) electrons. The molecule has 0 saturated heterocycles. The van der Waals surface area contributed by atoms with Crippen molar-refractivity contribution in [1.82, 2.24) is 0 Å². The first-order chi connectivity index (χ1) is 12.9. The molecule has 7 heteroatoms. The molecule has 0 atom stereocenters. The molecule has 5 nitrogen and oxygen atoms in total. The van der Waals surface area contributed by atoms with Gasteiger partial charge in [-0.25, -0.2) is 4.79 Å². The van der Waals surface area contributed by atoms with E-state index in [1.807, 2.05) is 19.9 Å². The molecule has 1 amide bonds. The Morgan fingerprint density at radius 3 is 2.56 bits per heavy atom. The predicted molar refractivity (Wildman–Crippen MR) is 107 cm³/mol. The molecule has 140 valence electrons. The summed E-state index contributed by atoms with van der Waals surface area (Å²) in [5.74, 6) is 0.0806. The van der Waals surface area contributed by atoms with Crippen LogP contribution in [0.25, 0.3) is 11.0 Å². The topological polar surface area (TPSA) is 68.5 Å². The fourth-order valence-corrected chi connectivity index (χ4v) is 3.23. The Hall–Kier alpha value is -2.50. The summed E-state index contributed by atoms with van der Waals surface area (Å²) in [6.07, 6.45) is 0.696. The Balaban J connectivity index is 1.82. The van der Waals surface area contributed by atoms with Gasteiger partial charge in [0.05, 0.1) is 15.7 Å². The highest BCUT2D eigenvalue weighted by Gasteiger charge is 2.13. The van der Waals surface area contributed by atoms with E-state index >= 15 is 0 Å². The van der Waals surface area contributed by atoms with E-state index in [0.717, 1.165) is 16.5 Å². The lowest BCUT2D eigenvalue weighted by Gasteiger charge is -2.13. The molecule has 3 rings (SSSR count). The fraction of sp³-hybridized carbons (Fsp3) is 0.200. The average Bonchev–Trinajstić information content (AvgIpc) is 2.62. The fourth-order valence-electron chi connectivity index (χ4n) is 2.74. The van der Waals surface area contributed by atoms with E-state index in [4.69, 9.17) is 32.4 Å². The highest BCUT2D eigenvalue weighted by atomic mass is 35.5. The Kier molecular flexibility index (Phi) is 5.73. The zero-order valence-electron chi connectivity index (χ0n) is 14.8. The summed E-state index contributed by atoms with van der Waals surface area (Å²) >= 11 is 12.1. The highest BCUT2D eigenvalue weighted by Crippen LogP contribution is 2.30. The molecule has 0 aliphatic rings. The first-order valence-corrected chi connectivity index (χ1v) is 9.08. The first kappa shape index (κ1) is 19.3. The van der Waals surface area contributed by atoms with Crippen LogP contribution in [-0.4, -0.2) is 12.5 Å². The number of benzene rings is 2. The number of para-hydroxylation sites is 1. The summed E-state index contributed by atoms with van der Waals surface area (Å²) in [5.41, 5.74) is 2.06. The number of carbonyl (C=O) groups excluding carboxylic acids is 1. The third kappa shape index (κ3) is 4.26. The summed E-state index contributed by atoms with van der Waals surface area (Å²) in [6.45, 7) is 3.59. The van der Waals surface area contributed by atoms with E-state index < -0.39 is 11.5 Å². The largest absolute Gasteiger partial charge is 0.483 e. The third-order valence-electron chi connectivity index (χ3n) is 4.10. The monoisotopic (exact) mass is 405 g/mol. The number of halogens is 2. The van der Waals surface area contributed by atoms with Crippen molar-refractivity contribution < 1.29 is 13.9 Å². The van der Waals surface area contributed by atoms with Crippen molar-refractivity contribution in [2.75, 3.05) is 11.9 Å². The zero-order chi connectivity index (χ0) is 19.6. The molecule has 1 N–H and O–H groups in total. The standard InChI is InChI=1S/C20H17Cl2NO4/c1-3-12-8-13-11(2)7-19(25)27-17(13)9-16(12)26-10-18(24)23-20-14(21)5-4-6-15(20)22/h4-9H,3,10H2,1-2H3,(H,23,24). The Bertz CT molecular complexity index is 1060. The zero-order valence-corrected chi connectivity index (χ0v) is 16.3. The van der Waals surface area contributed by atoms with Gasteiger partial charge in [0.1, 0.15) is 11.3 Å². The lowest BCUT2D eigenvalue weighted by molar-refractivity contribution is -0.118. The van der Waals surface area contributed by atoms with Crippen LogP contribution in [0.4, 0.5) is 5.69 Å². The lowest BCUT2D eigenvalue weighted by Crippen LogP contribution is -2.21. The maximum absolute atomic E-state index is 12.2. The number of nitrogens with one attached hydrogen (secondary N) is 1. The molecule has 0 aliphatic carbocycles. The van der Waals surface area contributed by atoms with Gasteiger partial charge in [0, 0.05) is 17.5 Å². The molecule has 1 aromatic heterocycles. The Morgan fingerprint density at radius 1 is 1.19 bits per heavy atom. The normalized spacial score (nSPS) is 10.8. The van der Waals surface area contributed by atoms with Crippen LogP contribution in [0.15, 0.2) is 45.6 Å². The van der Waals surface area contributed by atoms with Crippen molar-refractivity contribution in [2.24, 2.45) is 0 Å². The van der Waals surface area contributed by atoms with E-state index in [1.54, 1.807) is 24.3 Å². The smallest absolute Gasteiger partial charge is 0.336 e. The van der Waals surface area contributed by atoms with E-state index in [-0.39, 0.29) is 6.61 Å². The number of hydrogen-bond acceptors (Lipinski definition) is 4. The van der Waals surface area contributed by atoms with Crippen molar-refractivity contribution in [2.45, 2.75) is 20.3 Å². The number of fused-ring (bicyclic) bond motifs is 1. The maximum atomic E-state index is 12.2. The van der Waals surface area contributed by atoms with Crippen LogP contribution < -0.4 is 15.7 Å². The van der Waals surface area contributed by atoms with E-state index in [1.165, 1.54) is 6.07 Å². The summed E-state index contributed by atoms with van der Waals surface area (Å²) in [5, 5.41) is 4.16. The van der Waals surface area contributed by atoms with Gasteiger partial charge >= 0.3 is 5.63 Å². The SMILES string of the molecule is CCc1cc2c(C)cc(=O)oc2cc1OCC(=O)Nc1c(Cl)cccc1Cl. The van der Waals surface area contributed by atoms with Crippen LogP contribution in [0.3, 0.4) is 0 Å². The molecule has 2 aromatic carbocycles. The number of anilines is 1. The molecule has 0 bridgehead atoms. The molecule has 1 heterocycles. The molecule has 0 spiro atoms. The average molecular weight is 406 g/mol. The molecular formula is C20H17Cl2NO4. The van der Waals surface area contributed by atoms with Crippen molar-refractivity contribution >= 4 is 45.8 Å². The Labute approximate surface area is 165 Å². The molecule has 0 fully saturated rings. The second kappa shape index (κ2) is 8.03. The second-order valence-corrected chi connectivity index (χ2v) is 6.81. The van der Waals surface area contributed by atoms with Crippen LogP contribution in [0.5, 0.6) is 5.75 Å². The van der Waals surface area contributed by atoms with Gasteiger partial charge in [-0.2, -0.15) is 0 Å². The van der Waals surface area contributed by atoms with Crippen LogP contribution in [0.2, 0.25) is 10.0 Å². The number of aryl methyl sites for hydroxylation is 2. The van der Waals surface area contributed by atoms with Crippen LogP contribution in [0.1, 0.15) is 18.1 Å². The maximum Gasteiger partial charge on any atom is 0.336 e. The van der Waals surface area contributed by atoms with Gasteiger partial charge in [-0.1, -0.05) is 36.2 Å². The van der Waals surface area contributed by atoms with Gasteiger partial charge in [0.15, 0.2) is 6.61 Å². The van der Waals surface area contributed by atoms with Gasteiger partial charge in [0.2, 0.25) is 0 Å². The molecular weight excluding hydrogens is 389 g/mol. The number of hydrogen-bond donors (Lipinski definition) is 1. The first-order valence-electron chi connectivity index (χ1n) is 8.33. The van der Waals surface area contributed by atoms with Gasteiger partial charge in [-0.3, -0.25) is 4.79 Å². The second-order valence-electron chi connectivity index (χ2n) is 5.99. The summed E-state index contributed by atoms with van der Waals surface area (Å²) in [6, 6.07) is 9.95. The Morgan fingerprint density at radius 2 is 1.89 bits per heavy atom. The summed E-state index contributed by atoms with van der Waals surface area (Å²) in [7, 11) is 0. The molecule has 0 saturated carbocycles. The van der Waals surface area contributed by atoms with Crippen LogP contribution >= 0.6 is 23.2 Å². The highest BCUT2D eigenvalue weighted by molar-refractivity contribution is 6.39. The molecule has 3 aromatic rings. The van der Waals surface area contributed by atoms with Gasteiger partial charge in [-0.15, -0.1) is 0 Å². The number of amides is 1. The number of carbonyl (C=O) groups is 1.